The van der Waals surface area contributed by atoms with E-state index in [0.717, 1.165) is 12.0 Å². The summed E-state index contributed by atoms with van der Waals surface area (Å²) < 4.78 is 10.2. The number of rotatable bonds is 9. The van der Waals surface area contributed by atoms with Crippen molar-refractivity contribution in [2.24, 2.45) is 5.92 Å². The van der Waals surface area contributed by atoms with Crippen molar-refractivity contribution >= 4 is 11.9 Å². The number of para-hydroxylation sites is 1. The standard InChI is InChI=1S/C22H27NO4/c1-16(2)13-18-9-11-19(12-10-18)17(3)23-21(24)14-27-22(25)15-26-20-7-5-4-6-8-20/h4-12,16-17H,13-15H2,1-3H3,(H,23,24)/t17-/m1/s1. The summed E-state index contributed by atoms with van der Waals surface area (Å²) in [4.78, 5) is 23.7. The van der Waals surface area contributed by atoms with Crippen LogP contribution < -0.4 is 10.1 Å². The van der Waals surface area contributed by atoms with Gasteiger partial charge in [-0.3, -0.25) is 4.79 Å². The second-order valence-electron chi connectivity index (χ2n) is 6.89. The van der Waals surface area contributed by atoms with Gasteiger partial charge >= 0.3 is 5.97 Å². The molecule has 5 nitrogen and oxygen atoms in total. The monoisotopic (exact) mass is 369 g/mol. The van der Waals surface area contributed by atoms with Crippen LogP contribution >= 0.6 is 0 Å². The molecule has 2 aromatic rings. The molecule has 1 N–H and O–H groups in total. The Morgan fingerprint density at radius 2 is 1.59 bits per heavy atom. The van der Waals surface area contributed by atoms with Gasteiger partial charge in [-0.2, -0.15) is 0 Å². The third-order valence-corrected chi connectivity index (χ3v) is 3.97. The Balaban J connectivity index is 1.72. The lowest BCUT2D eigenvalue weighted by Crippen LogP contribution is -2.31. The third-order valence-electron chi connectivity index (χ3n) is 3.97. The maximum atomic E-state index is 12.0. The molecule has 0 aliphatic rings. The van der Waals surface area contributed by atoms with Crippen molar-refractivity contribution in [1.82, 2.24) is 5.32 Å². The maximum Gasteiger partial charge on any atom is 0.344 e. The Morgan fingerprint density at radius 3 is 2.22 bits per heavy atom. The van der Waals surface area contributed by atoms with Gasteiger partial charge in [0.25, 0.3) is 5.91 Å². The van der Waals surface area contributed by atoms with Gasteiger partial charge in [0.1, 0.15) is 5.75 Å². The van der Waals surface area contributed by atoms with Crippen molar-refractivity contribution in [3.63, 3.8) is 0 Å². The van der Waals surface area contributed by atoms with E-state index in [1.54, 1.807) is 12.1 Å². The average molecular weight is 369 g/mol. The molecule has 0 spiro atoms. The van der Waals surface area contributed by atoms with E-state index in [1.807, 2.05) is 37.3 Å². The molecule has 0 saturated heterocycles. The fourth-order valence-corrected chi connectivity index (χ4v) is 2.63. The fraction of sp³-hybridized carbons (Fsp3) is 0.364. The van der Waals surface area contributed by atoms with Gasteiger partial charge in [0.05, 0.1) is 6.04 Å². The Kier molecular flexibility index (Phi) is 7.86. The second-order valence-corrected chi connectivity index (χ2v) is 6.89. The Hall–Kier alpha value is -2.82. The highest BCUT2D eigenvalue weighted by Gasteiger charge is 2.12. The topological polar surface area (TPSA) is 64.6 Å². The second kappa shape index (κ2) is 10.4. The van der Waals surface area contributed by atoms with Gasteiger partial charge in [0.2, 0.25) is 0 Å². The van der Waals surface area contributed by atoms with Crippen LogP contribution in [0.15, 0.2) is 54.6 Å². The van der Waals surface area contributed by atoms with Gasteiger partial charge in [0.15, 0.2) is 13.2 Å². The first kappa shape index (κ1) is 20.5. The molecule has 0 aromatic heterocycles. The highest BCUT2D eigenvalue weighted by Crippen LogP contribution is 2.15. The number of benzene rings is 2. The van der Waals surface area contributed by atoms with Gasteiger partial charge in [-0.1, -0.05) is 56.3 Å². The minimum Gasteiger partial charge on any atom is -0.482 e. The first-order valence-corrected chi connectivity index (χ1v) is 9.15. The van der Waals surface area contributed by atoms with E-state index in [9.17, 15) is 9.59 Å². The molecule has 0 fully saturated rings. The zero-order valence-corrected chi connectivity index (χ0v) is 16.1. The van der Waals surface area contributed by atoms with Crippen LogP contribution in [0, 0.1) is 5.92 Å². The zero-order chi connectivity index (χ0) is 19.6. The van der Waals surface area contributed by atoms with Crippen LogP contribution in [0.25, 0.3) is 0 Å². The molecule has 0 bridgehead atoms. The molecule has 2 aromatic carbocycles. The quantitative estimate of drug-likeness (QED) is 0.685. The molecule has 0 heterocycles. The van der Waals surface area contributed by atoms with Crippen LogP contribution in [0.5, 0.6) is 5.75 Å². The lowest BCUT2D eigenvalue weighted by molar-refractivity contribution is -0.150. The normalized spacial score (nSPS) is 11.7. The van der Waals surface area contributed by atoms with E-state index < -0.39 is 5.97 Å². The summed E-state index contributed by atoms with van der Waals surface area (Å²) in [6.45, 7) is 5.71. The molecule has 144 valence electrons. The van der Waals surface area contributed by atoms with Gasteiger partial charge < -0.3 is 14.8 Å². The number of nitrogens with one attached hydrogen (secondary N) is 1. The van der Waals surface area contributed by atoms with Crippen LogP contribution in [0.2, 0.25) is 0 Å². The fourth-order valence-electron chi connectivity index (χ4n) is 2.63. The molecule has 1 amide bonds. The zero-order valence-electron chi connectivity index (χ0n) is 16.1. The number of hydrogen-bond donors (Lipinski definition) is 1. The van der Waals surface area contributed by atoms with Crippen molar-refractivity contribution in [2.75, 3.05) is 13.2 Å². The molecule has 0 aliphatic carbocycles. The largest absolute Gasteiger partial charge is 0.482 e. The lowest BCUT2D eigenvalue weighted by atomic mass is 10.00. The lowest BCUT2D eigenvalue weighted by Gasteiger charge is -2.15. The molecular weight excluding hydrogens is 342 g/mol. The Labute approximate surface area is 160 Å². The highest BCUT2D eigenvalue weighted by molar-refractivity contribution is 5.81. The maximum absolute atomic E-state index is 12.0. The number of hydrogen-bond acceptors (Lipinski definition) is 4. The molecule has 0 saturated carbocycles. The van der Waals surface area contributed by atoms with Crippen molar-refractivity contribution in [2.45, 2.75) is 33.2 Å². The van der Waals surface area contributed by atoms with Gasteiger partial charge in [-0.15, -0.1) is 0 Å². The molecule has 1 atom stereocenters. The Bertz CT molecular complexity index is 726. The molecule has 5 heteroatoms. The van der Waals surface area contributed by atoms with Crippen LogP contribution in [-0.2, 0) is 20.7 Å². The number of esters is 1. The predicted molar refractivity (Wildman–Crippen MR) is 104 cm³/mol. The number of carbonyl (C=O) groups is 2. The minimum atomic E-state index is -0.584. The van der Waals surface area contributed by atoms with Crippen molar-refractivity contribution < 1.29 is 19.1 Å². The van der Waals surface area contributed by atoms with E-state index >= 15 is 0 Å². The van der Waals surface area contributed by atoms with Gasteiger partial charge in [-0.25, -0.2) is 4.79 Å². The smallest absolute Gasteiger partial charge is 0.344 e. The molecule has 27 heavy (non-hydrogen) atoms. The summed E-state index contributed by atoms with van der Waals surface area (Å²) in [5.74, 6) is 0.253. The summed E-state index contributed by atoms with van der Waals surface area (Å²) in [5, 5.41) is 2.83. The van der Waals surface area contributed by atoms with Crippen molar-refractivity contribution in [3.05, 3.63) is 65.7 Å². The van der Waals surface area contributed by atoms with E-state index in [4.69, 9.17) is 9.47 Å². The van der Waals surface area contributed by atoms with Crippen molar-refractivity contribution in [3.8, 4) is 5.75 Å². The SMILES string of the molecule is CC(C)Cc1ccc([C@@H](C)NC(=O)COC(=O)COc2ccccc2)cc1. The Morgan fingerprint density at radius 1 is 0.926 bits per heavy atom. The number of amides is 1. The first-order valence-electron chi connectivity index (χ1n) is 9.15. The summed E-state index contributed by atoms with van der Waals surface area (Å²) in [6, 6.07) is 17.0. The van der Waals surface area contributed by atoms with E-state index in [-0.39, 0.29) is 25.2 Å². The molecule has 2 rings (SSSR count). The van der Waals surface area contributed by atoms with Crippen LogP contribution in [0.4, 0.5) is 0 Å². The third kappa shape index (κ3) is 7.52. The summed E-state index contributed by atoms with van der Waals surface area (Å²) in [5.41, 5.74) is 2.29. The van der Waals surface area contributed by atoms with Gasteiger partial charge in [-0.05, 0) is 42.5 Å². The molecule has 0 unspecified atom stereocenters. The van der Waals surface area contributed by atoms with E-state index in [0.29, 0.717) is 11.7 Å². The summed E-state index contributed by atoms with van der Waals surface area (Å²) >= 11 is 0. The highest BCUT2D eigenvalue weighted by atomic mass is 16.6. The number of ether oxygens (including phenoxy) is 2. The molecule has 0 radical (unpaired) electrons. The molecular formula is C22H27NO4. The summed E-state index contributed by atoms with van der Waals surface area (Å²) in [6.07, 6.45) is 1.03. The van der Waals surface area contributed by atoms with Crippen LogP contribution in [-0.4, -0.2) is 25.1 Å². The minimum absolute atomic E-state index is 0.162. The number of carbonyl (C=O) groups excluding carboxylic acids is 2. The van der Waals surface area contributed by atoms with Gasteiger partial charge in [0, 0.05) is 0 Å². The first-order chi connectivity index (χ1) is 12.9. The van der Waals surface area contributed by atoms with E-state index in [1.165, 1.54) is 5.56 Å². The summed E-state index contributed by atoms with van der Waals surface area (Å²) in [7, 11) is 0. The van der Waals surface area contributed by atoms with E-state index in [2.05, 4.69) is 31.3 Å². The van der Waals surface area contributed by atoms with Crippen LogP contribution in [0.3, 0.4) is 0 Å². The van der Waals surface area contributed by atoms with Crippen molar-refractivity contribution in [1.29, 1.82) is 0 Å². The molecule has 0 aliphatic heterocycles. The predicted octanol–water partition coefficient (Wildman–Crippen LogP) is 3.68. The average Bonchev–Trinajstić information content (AvgIpc) is 2.65. The van der Waals surface area contributed by atoms with Crippen LogP contribution in [0.1, 0.15) is 37.9 Å².